The number of hydrogen-bond acceptors (Lipinski definition) is 3. The van der Waals surface area contributed by atoms with Gasteiger partial charge in [-0.15, -0.1) is 0 Å². The zero-order valence-electron chi connectivity index (χ0n) is 9.95. The van der Waals surface area contributed by atoms with Gasteiger partial charge >= 0.3 is 0 Å². The molecule has 0 amide bonds. The lowest BCUT2D eigenvalue weighted by Gasteiger charge is -2.08. The maximum atomic E-state index is 13.9. The molecule has 0 bridgehead atoms. The molecule has 2 rings (SSSR count). The molecule has 0 unspecified atom stereocenters. The van der Waals surface area contributed by atoms with E-state index in [2.05, 4.69) is 10.3 Å². The van der Waals surface area contributed by atoms with Crippen LogP contribution < -0.4 is 10.1 Å². The van der Waals surface area contributed by atoms with Crippen LogP contribution in [0.5, 0.6) is 5.88 Å². The van der Waals surface area contributed by atoms with Crippen LogP contribution in [0.2, 0.25) is 0 Å². The van der Waals surface area contributed by atoms with Crippen LogP contribution in [0, 0.1) is 5.82 Å². The molecule has 1 aliphatic rings. The Bertz CT molecular complexity index is 402. The molecule has 0 radical (unpaired) electrons. The molecule has 0 saturated heterocycles. The summed E-state index contributed by atoms with van der Waals surface area (Å²) in [7, 11) is 0. The van der Waals surface area contributed by atoms with E-state index in [1.54, 1.807) is 12.3 Å². The Morgan fingerprint density at radius 2 is 2.41 bits per heavy atom. The first kappa shape index (κ1) is 12.0. The number of nitrogens with zero attached hydrogens (tertiary/aromatic N) is 1. The predicted molar refractivity (Wildman–Crippen MR) is 64.4 cm³/mol. The van der Waals surface area contributed by atoms with Gasteiger partial charge < -0.3 is 10.1 Å². The summed E-state index contributed by atoms with van der Waals surface area (Å²) in [6.07, 6.45) is 7.64. The van der Waals surface area contributed by atoms with Gasteiger partial charge in [0.25, 0.3) is 5.88 Å². The molecule has 92 valence electrons. The second-order valence-electron chi connectivity index (χ2n) is 4.12. The first-order chi connectivity index (χ1) is 8.31. The molecule has 0 atom stereocenters. The third kappa shape index (κ3) is 3.53. The van der Waals surface area contributed by atoms with E-state index < -0.39 is 0 Å². The normalized spacial score (nSPS) is 15.4. The van der Waals surface area contributed by atoms with E-state index in [0.717, 1.165) is 0 Å². The fourth-order valence-corrected chi connectivity index (χ4v) is 1.46. The Morgan fingerprint density at radius 3 is 3.12 bits per heavy atom. The summed E-state index contributed by atoms with van der Waals surface area (Å²) >= 11 is 0. The fraction of sp³-hybridized carbons (Fsp3) is 0.462. The van der Waals surface area contributed by atoms with Crippen molar-refractivity contribution in [2.45, 2.75) is 32.4 Å². The van der Waals surface area contributed by atoms with Crippen LogP contribution in [0.15, 0.2) is 24.4 Å². The van der Waals surface area contributed by atoms with Gasteiger partial charge in [0.1, 0.15) is 6.61 Å². The number of pyridine rings is 1. The zero-order chi connectivity index (χ0) is 12.1. The van der Waals surface area contributed by atoms with E-state index in [0.29, 0.717) is 24.8 Å². The van der Waals surface area contributed by atoms with Crippen molar-refractivity contribution in [3.63, 3.8) is 0 Å². The second-order valence-corrected chi connectivity index (χ2v) is 4.12. The molecule has 17 heavy (non-hydrogen) atoms. The number of hydrogen-bond donors (Lipinski definition) is 1. The fourth-order valence-electron chi connectivity index (χ4n) is 1.46. The van der Waals surface area contributed by atoms with Gasteiger partial charge in [0.15, 0.2) is 5.82 Å². The van der Waals surface area contributed by atoms with Crippen molar-refractivity contribution in [3.05, 3.63) is 35.8 Å². The number of ether oxygens (including phenoxy) is 1. The molecular weight excluding hydrogens is 219 g/mol. The highest BCUT2D eigenvalue weighted by molar-refractivity contribution is 5.23. The van der Waals surface area contributed by atoms with Crippen molar-refractivity contribution in [1.82, 2.24) is 10.3 Å². The van der Waals surface area contributed by atoms with Crippen LogP contribution in [0.3, 0.4) is 0 Å². The van der Waals surface area contributed by atoms with Crippen molar-refractivity contribution in [1.29, 1.82) is 0 Å². The number of nitrogens with one attached hydrogen (secondary N) is 1. The molecule has 4 heteroatoms. The molecule has 1 aliphatic carbocycles. The van der Waals surface area contributed by atoms with Crippen LogP contribution in [-0.2, 0) is 6.54 Å². The second kappa shape index (κ2) is 5.77. The van der Waals surface area contributed by atoms with E-state index in [-0.39, 0.29) is 11.7 Å². The smallest absolute Gasteiger partial charge is 0.251 e. The quantitative estimate of drug-likeness (QED) is 0.770. The van der Waals surface area contributed by atoms with Crippen molar-refractivity contribution in [2.75, 3.05) is 6.61 Å². The van der Waals surface area contributed by atoms with Gasteiger partial charge in [0.2, 0.25) is 0 Å². The molecule has 1 fully saturated rings. The molecule has 1 aromatic heterocycles. The molecule has 0 aromatic carbocycles. The summed E-state index contributed by atoms with van der Waals surface area (Å²) in [4.78, 5) is 3.89. The maximum Gasteiger partial charge on any atom is 0.251 e. The van der Waals surface area contributed by atoms with Crippen molar-refractivity contribution >= 4 is 0 Å². The summed E-state index contributed by atoms with van der Waals surface area (Å²) in [6, 6.07) is 2.25. The van der Waals surface area contributed by atoms with Crippen molar-refractivity contribution < 1.29 is 9.13 Å². The van der Waals surface area contributed by atoms with Crippen LogP contribution in [-0.4, -0.2) is 17.6 Å². The van der Waals surface area contributed by atoms with Gasteiger partial charge in [0, 0.05) is 24.3 Å². The van der Waals surface area contributed by atoms with Crippen LogP contribution >= 0.6 is 0 Å². The zero-order valence-corrected chi connectivity index (χ0v) is 9.95. The molecule has 1 aromatic rings. The Balaban J connectivity index is 1.97. The van der Waals surface area contributed by atoms with Crippen molar-refractivity contribution in [3.8, 4) is 5.88 Å². The van der Waals surface area contributed by atoms with Gasteiger partial charge in [-0.25, -0.2) is 9.37 Å². The number of allylic oxidation sites excluding steroid dienone is 1. The predicted octanol–water partition coefficient (Wildman–Crippen LogP) is 2.43. The summed E-state index contributed by atoms with van der Waals surface area (Å²) < 4.78 is 19.2. The SMILES string of the molecule is C/C=C/COc1nccc(CNC2CC2)c1F. The van der Waals surface area contributed by atoms with E-state index in [1.807, 2.05) is 19.1 Å². The Morgan fingerprint density at radius 1 is 1.59 bits per heavy atom. The molecular formula is C13H17FN2O. The topological polar surface area (TPSA) is 34.1 Å². The average Bonchev–Trinajstić information content (AvgIpc) is 3.14. The first-order valence-electron chi connectivity index (χ1n) is 5.92. The lowest BCUT2D eigenvalue weighted by Crippen LogP contribution is -2.16. The lowest BCUT2D eigenvalue weighted by atomic mass is 10.2. The van der Waals surface area contributed by atoms with Gasteiger partial charge in [-0.2, -0.15) is 0 Å². The van der Waals surface area contributed by atoms with Crippen LogP contribution in [0.4, 0.5) is 4.39 Å². The van der Waals surface area contributed by atoms with Gasteiger partial charge in [-0.1, -0.05) is 12.2 Å². The van der Waals surface area contributed by atoms with E-state index >= 15 is 0 Å². The minimum absolute atomic E-state index is 0.0817. The molecule has 0 aliphatic heterocycles. The third-order valence-corrected chi connectivity index (χ3v) is 2.65. The number of halogens is 1. The highest BCUT2D eigenvalue weighted by Gasteiger charge is 2.21. The molecule has 0 spiro atoms. The highest BCUT2D eigenvalue weighted by Crippen LogP contribution is 2.21. The monoisotopic (exact) mass is 236 g/mol. The number of rotatable bonds is 6. The van der Waals surface area contributed by atoms with E-state index in [9.17, 15) is 4.39 Å². The molecule has 1 saturated carbocycles. The minimum Gasteiger partial charge on any atom is -0.471 e. The van der Waals surface area contributed by atoms with E-state index in [1.165, 1.54) is 12.8 Å². The summed E-state index contributed by atoms with van der Waals surface area (Å²) in [6.45, 7) is 2.78. The maximum absolute atomic E-state index is 13.9. The summed E-state index contributed by atoms with van der Waals surface area (Å²) in [5, 5.41) is 3.27. The largest absolute Gasteiger partial charge is 0.471 e. The van der Waals surface area contributed by atoms with Crippen LogP contribution in [0.25, 0.3) is 0 Å². The Kier molecular flexibility index (Phi) is 4.09. The molecule has 1 heterocycles. The molecule has 3 nitrogen and oxygen atoms in total. The van der Waals surface area contributed by atoms with Crippen molar-refractivity contribution in [2.24, 2.45) is 0 Å². The first-order valence-corrected chi connectivity index (χ1v) is 5.92. The lowest BCUT2D eigenvalue weighted by molar-refractivity contribution is 0.324. The molecule has 1 N–H and O–H groups in total. The number of aromatic nitrogens is 1. The van der Waals surface area contributed by atoms with Crippen LogP contribution in [0.1, 0.15) is 25.3 Å². The van der Waals surface area contributed by atoms with Gasteiger partial charge in [-0.3, -0.25) is 0 Å². The Hall–Kier alpha value is -1.42. The highest BCUT2D eigenvalue weighted by atomic mass is 19.1. The third-order valence-electron chi connectivity index (χ3n) is 2.65. The van der Waals surface area contributed by atoms with Gasteiger partial charge in [0.05, 0.1) is 0 Å². The summed E-state index contributed by atoms with van der Waals surface area (Å²) in [5.41, 5.74) is 0.613. The summed E-state index contributed by atoms with van der Waals surface area (Å²) in [5.74, 6) is -0.275. The Labute approximate surface area is 101 Å². The minimum atomic E-state index is -0.356. The van der Waals surface area contributed by atoms with Gasteiger partial charge in [-0.05, 0) is 25.8 Å². The van der Waals surface area contributed by atoms with E-state index in [4.69, 9.17) is 4.74 Å². The average molecular weight is 236 g/mol. The standard InChI is InChI=1S/C13H17FN2O/c1-2-3-8-17-13-12(14)10(6-7-15-13)9-16-11-4-5-11/h2-3,6-7,11,16H,4-5,8-9H2,1H3/b3-2+.